The lowest BCUT2D eigenvalue weighted by molar-refractivity contribution is -0.106. The Labute approximate surface area is 69.3 Å². The van der Waals surface area contributed by atoms with Crippen LogP contribution in [0.1, 0.15) is 0 Å². The normalized spacial score (nSPS) is 22.4. The molecule has 0 heterocycles. The molecule has 5 nitrogen and oxygen atoms in total. The van der Waals surface area contributed by atoms with E-state index in [2.05, 4.69) is 12.6 Å². The van der Waals surface area contributed by atoms with Crippen LogP contribution in [0.5, 0.6) is 0 Å². The SMILES string of the molecule is OC[C@H](O)C(O)[C@@](O)(S)CO. The highest BCUT2D eigenvalue weighted by Gasteiger charge is 2.35. The molecule has 0 aromatic heterocycles. The van der Waals surface area contributed by atoms with Gasteiger partial charge in [0.2, 0.25) is 0 Å². The summed E-state index contributed by atoms with van der Waals surface area (Å²) >= 11 is 3.46. The number of rotatable bonds is 4. The van der Waals surface area contributed by atoms with Crippen molar-refractivity contribution in [1.82, 2.24) is 0 Å². The molecule has 0 radical (unpaired) electrons. The van der Waals surface area contributed by atoms with Gasteiger partial charge in [-0.2, -0.15) is 0 Å². The van der Waals surface area contributed by atoms with E-state index in [1.165, 1.54) is 0 Å². The van der Waals surface area contributed by atoms with Crippen LogP contribution in [-0.4, -0.2) is 55.9 Å². The van der Waals surface area contributed by atoms with Gasteiger partial charge < -0.3 is 25.5 Å². The summed E-state index contributed by atoms with van der Waals surface area (Å²) in [5.74, 6) is 0. The van der Waals surface area contributed by atoms with Gasteiger partial charge in [-0.15, -0.1) is 12.6 Å². The van der Waals surface area contributed by atoms with Crippen LogP contribution in [0.2, 0.25) is 0 Å². The van der Waals surface area contributed by atoms with E-state index in [0.29, 0.717) is 0 Å². The van der Waals surface area contributed by atoms with Gasteiger partial charge in [0.25, 0.3) is 0 Å². The molecule has 0 rings (SSSR count). The molecule has 5 N–H and O–H groups in total. The fraction of sp³-hybridized carbons (Fsp3) is 1.00. The van der Waals surface area contributed by atoms with E-state index in [1.807, 2.05) is 0 Å². The molecular weight excluding hydrogens is 172 g/mol. The zero-order chi connectivity index (χ0) is 9.07. The van der Waals surface area contributed by atoms with Crippen molar-refractivity contribution in [2.24, 2.45) is 0 Å². The first kappa shape index (κ1) is 11.2. The second kappa shape index (κ2) is 4.24. The van der Waals surface area contributed by atoms with Crippen LogP contribution in [0.3, 0.4) is 0 Å². The molecule has 0 fully saturated rings. The Morgan fingerprint density at radius 3 is 2.00 bits per heavy atom. The third kappa shape index (κ3) is 2.94. The van der Waals surface area contributed by atoms with Crippen molar-refractivity contribution < 1.29 is 25.5 Å². The van der Waals surface area contributed by atoms with Gasteiger partial charge >= 0.3 is 0 Å². The second-order valence-electron chi connectivity index (χ2n) is 2.23. The predicted octanol–water partition coefficient (Wildman–Crippen LogP) is -2.69. The Morgan fingerprint density at radius 2 is 1.73 bits per heavy atom. The first-order valence-electron chi connectivity index (χ1n) is 2.98. The molecule has 0 aliphatic heterocycles. The Balaban J connectivity index is 4.10. The van der Waals surface area contributed by atoms with E-state index in [1.54, 1.807) is 0 Å². The van der Waals surface area contributed by atoms with Gasteiger partial charge in [-0.1, -0.05) is 0 Å². The Bertz CT molecular complexity index is 117. The molecule has 0 aromatic carbocycles. The molecule has 6 heteroatoms. The fourth-order valence-corrected chi connectivity index (χ4v) is 0.674. The van der Waals surface area contributed by atoms with Crippen LogP contribution in [-0.2, 0) is 0 Å². The summed E-state index contributed by atoms with van der Waals surface area (Å²) in [6.07, 6.45) is -3.19. The maximum atomic E-state index is 8.99. The summed E-state index contributed by atoms with van der Waals surface area (Å²) in [5.41, 5.74) is 0. The summed E-state index contributed by atoms with van der Waals surface area (Å²) in [5, 5.41) is 43.5. The molecule has 0 bridgehead atoms. The molecule has 0 saturated heterocycles. The standard InChI is InChI=1S/C5H12O5S/c6-1-3(8)4(9)5(10,11)2-7/h3-4,6-11H,1-2H2/t3-,4?,5-/m0/s1. The molecule has 0 aromatic rings. The van der Waals surface area contributed by atoms with E-state index >= 15 is 0 Å². The lowest BCUT2D eigenvalue weighted by Gasteiger charge is -2.28. The van der Waals surface area contributed by atoms with Crippen LogP contribution < -0.4 is 0 Å². The van der Waals surface area contributed by atoms with E-state index in [0.717, 1.165) is 0 Å². The zero-order valence-corrected chi connectivity index (χ0v) is 6.65. The van der Waals surface area contributed by atoms with E-state index in [9.17, 15) is 0 Å². The van der Waals surface area contributed by atoms with Gasteiger partial charge in [0.1, 0.15) is 12.2 Å². The Kier molecular flexibility index (Phi) is 4.30. The highest BCUT2D eigenvalue weighted by atomic mass is 32.1. The van der Waals surface area contributed by atoms with E-state index < -0.39 is 30.4 Å². The summed E-state index contributed by atoms with van der Waals surface area (Å²) in [6, 6.07) is 0. The van der Waals surface area contributed by atoms with Gasteiger partial charge in [0, 0.05) is 0 Å². The van der Waals surface area contributed by atoms with Crippen LogP contribution in [0.4, 0.5) is 0 Å². The monoisotopic (exact) mass is 184 g/mol. The van der Waals surface area contributed by atoms with Gasteiger partial charge in [-0.3, -0.25) is 0 Å². The minimum atomic E-state index is -2.08. The summed E-state index contributed by atoms with van der Waals surface area (Å²) in [4.78, 5) is -2.08. The molecule has 0 aliphatic carbocycles. The summed E-state index contributed by atoms with van der Waals surface area (Å²) in [6.45, 7) is -1.52. The first-order valence-corrected chi connectivity index (χ1v) is 3.43. The van der Waals surface area contributed by atoms with Crippen LogP contribution >= 0.6 is 12.6 Å². The van der Waals surface area contributed by atoms with Crippen molar-refractivity contribution in [3.05, 3.63) is 0 Å². The average Bonchev–Trinajstić information content (AvgIpc) is 2.01. The molecule has 1 unspecified atom stereocenters. The highest BCUT2D eigenvalue weighted by molar-refractivity contribution is 7.81. The van der Waals surface area contributed by atoms with Gasteiger partial charge in [0.15, 0.2) is 4.93 Å². The topological polar surface area (TPSA) is 101 Å². The van der Waals surface area contributed by atoms with Crippen molar-refractivity contribution >= 4 is 12.6 Å². The summed E-state index contributed by atoms with van der Waals surface area (Å²) in [7, 11) is 0. The average molecular weight is 184 g/mol. The molecule has 68 valence electrons. The molecule has 11 heavy (non-hydrogen) atoms. The third-order valence-corrected chi connectivity index (χ3v) is 1.66. The highest BCUT2D eigenvalue weighted by Crippen LogP contribution is 2.17. The Hall–Kier alpha value is 0.150. The largest absolute Gasteiger partial charge is 0.394 e. The van der Waals surface area contributed by atoms with Crippen molar-refractivity contribution in [3.63, 3.8) is 0 Å². The van der Waals surface area contributed by atoms with Gasteiger partial charge in [0.05, 0.1) is 13.2 Å². The number of thiol groups is 1. The third-order valence-electron chi connectivity index (χ3n) is 1.26. The van der Waals surface area contributed by atoms with Crippen LogP contribution in [0.15, 0.2) is 0 Å². The van der Waals surface area contributed by atoms with Crippen LogP contribution in [0, 0.1) is 0 Å². The van der Waals surface area contributed by atoms with Crippen molar-refractivity contribution in [2.45, 2.75) is 17.1 Å². The smallest absolute Gasteiger partial charge is 0.159 e. The number of aliphatic hydroxyl groups excluding tert-OH is 4. The van der Waals surface area contributed by atoms with E-state index in [-0.39, 0.29) is 0 Å². The molecular formula is C5H12O5S. The summed E-state index contributed by atoms with van der Waals surface area (Å²) < 4.78 is 0. The number of hydrogen-bond donors (Lipinski definition) is 6. The minimum Gasteiger partial charge on any atom is -0.394 e. The fourth-order valence-electron chi connectivity index (χ4n) is 0.501. The van der Waals surface area contributed by atoms with E-state index in [4.69, 9.17) is 25.5 Å². The molecule has 0 amide bonds. The van der Waals surface area contributed by atoms with Crippen molar-refractivity contribution in [2.75, 3.05) is 13.2 Å². The lowest BCUT2D eigenvalue weighted by atomic mass is 10.1. The number of hydrogen-bond acceptors (Lipinski definition) is 6. The zero-order valence-electron chi connectivity index (χ0n) is 5.75. The molecule has 0 spiro atoms. The van der Waals surface area contributed by atoms with Crippen molar-refractivity contribution in [1.29, 1.82) is 0 Å². The Morgan fingerprint density at radius 1 is 1.27 bits per heavy atom. The maximum absolute atomic E-state index is 8.99. The first-order chi connectivity index (χ1) is 4.95. The molecule has 0 saturated carbocycles. The second-order valence-corrected chi connectivity index (χ2v) is 3.01. The number of aliphatic hydroxyl groups is 5. The van der Waals surface area contributed by atoms with Gasteiger partial charge in [-0.05, 0) is 0 Å². The maximum Gasteiger partial charge on any atom is 0.159 e. The lowest BCUT2D eigenvalue weighted by Crippen LogP contribution is -2.48. The quantitative estimate of drug-likeness (QED) is 0.211. The van der Waals surface area contributed by atoms with Crippen LogP contribution in [0.25, 0.3) is 0 Å². The molecule has 3 atom stereocenters. The molecule has 0 aliphatic rings. The van der Waals surface area contributed by atoms with Crippen molar-refractivity contribution in [3.8, 4) is 0 Å². The minimum absolute atomic E-state index is 0.704. The van der Waals surface area contributed by atoms with Gasteiger partial charge in [-0.25, -0.2) is 0 Å². The predicted molar refractivity (Wildman–Crippen MR) is 40.1 cm³/mol.